The maximum atomic E-state index is 13.9. The number of nitrogen functional groups attached to an aromatic ring is 1. The molecule has 52 heavy (non-hydrogen) atoms. The zero-order valence-corrected chi connectivity index (χ0v) is 32.1. The average molecular weight is 836 g/mol. The Bertz CT molecular complexity index is 1720. The van der Waals surface area contributed by atoms with Crippen LogP contribution in [0.3, 0.4) is 0 Å². The van der Waals surface area contributed by atoms with Crippen LogP contribution in [0.15, 0.2) is 112 Å². The number of unbranched alkanes of at least 4 members (excludes halogenated alkanes) is 1. The third-order valence-corrected chi connectivity index (χ3v) is 9.62. The smallest absolute Gasteiger partial charge is 0.407 e. The third-order valence-electron chi connectivity index (χ3n) is 8.30. The van der Waals surface area contributed by atoms with E-state index in [0.29, 0.717) is 59.8 Å². The Kier molecular flexibility index (Phi) is 16.7. The van der Waals surface area contributed by atoms with Crippen LogP contribution in [0.1, 0.15) is 47.9 Å². The van der Waals surface area contributed by atoms with Gasteiger partial charge in [-0.05, 0) is 98.4 Å². The highest BCUT2D eigenvalue weighted by atomic mass is 79.9. The number of carbonyl (C=O) groups excluding carboxylic acids is 4. The number of benzene rings is 4. The number of aryl methyl sites for hydroxylation is 1. The summed E-state index contributed by atoms with van der Waals surface area (Å²) in [7, 11) is 0. The van der Waals surface area contributed by atoms with Gasteiger partial charge in [-0.15, -0.1) is 0 Å². The fourth-order valence-corrected chi connectivity index (χ4v) is 6.73. The van der Waals surface area contributed by atoms with E-state index in [1.54, 1.807) is 0 Å². The first-order chi connectivity index (χ1) is 25.2. The van der Waals surface area contributed by atoms with Crippen LogP contribution in [0.25, 0.3) is 0 Å². The lowest BCUT2D eigenvalue weighted by molar-refractivity contribution is -0.132. The van der Waals surface area contributed by atoms with E-state index in [1.807, 2.05) is 103 Å². The molecule has 2 atom stereocenters. The first-order valence-corrected chi connectivity index (χ1v) is 18.9. The topological polar surface area (TPSA) is 152 Å². The van der Waals surface area contributed by atoms with Gasteiger partial charge in [-0.1, -0.05) is 91.0 Å². The van der Waals surface area contributed by atoms with Crippen LogP contribution in [0, 0.1) is 0 Å². The molecule has 274 valence electrons. The number of anilines is 1. The van der Waals surface area contributed by atoms with Crippen molar-refractivity contribution in [1.29, 1.82) is 0 Å². The molecule has 0 aliphatic rings. The molecule has 10 nitrogen and oxygen atoms in total. The third kappa shape index (κ3) is 14.1. The first-order valence-electron chi connectivity index (χ1n) is 17.3. The largest absolute Gasteiger partial charge is 0.445 e. The Labute approximate surface area is 321 Å². The molecule has 4 aromatic rings. The van der Waals surface area contributed by atoms with Crippen molar-refractivity contribution in [2.75, 3.05) is 18.8 Å². The Morgan fingerprint density at radius 3 is 1.83 bits per heavy atom. The molecule has 0 unspecified atom stereocenters. The highest BCUT2D eigenvalue weighted by Crippen LogP contribution is 2.30. The molecule has 0 fully saturated rings. The van der Waals surface area contributed by atoms with Crippen molar-refractivity contribution in [3.8, 4) is 0 Å². The molecule has 4 rings (SSSR count). The Morgan fingerprint density at radius 2 is 1.21 bits per heavy atom. The zero-order chi connectivity index (χ0) is 37.1. The number of nitrogens with one attached hydrogen (secondary N) is 4. The van der Waals surface area contributed by atoms with Crippen LogP contribution >= 0.6 is 31.9 Å². The van der Waals surface area contributed by atoms with Crippen molar-refractivity contribution in [2.45, 2.75) is 63.6 Å². The van der Waals surface area contributed by atoms with E-state index in [4.69, 9.17) is 10.5 Å². The predicted molar refractivity (Wildman–Crippen MR) is 210 cm³/mol. The lowest BCUT2D eigenvalue weighted by Crippen LogP contribution is -2.54. The summed E-state index contributed by atoms with van der Waals surface area (Å²) in [6, 6.07) is 30.6. The molecule has 0 aliphatic heterocycles. The summed E-state index contributed by atoms with van der Waals surface area (Å²) in [6.07, 6.45) is 2.37. The van der Waals surface area contributed by atoms with Gasteiger partial charge in [0.05, 0.1) is 5.69 Å². The van der Waals surface area contributed by atoms with Gasteiger partial charge in [-0.2, -0.15) is 0 Å². The number of hydrogen-bond donors (Lipinski definition) is 5. The number of alkyl carbamates (subject to hydrolysis) is 1. The molecular formula is C40H45Br2N5O5. The Morgan fingerprint density at radius 1 is 0.635 bits per heavy atom. The number of hydrogen-bond acceptors (Lipinski definition) is 6. The van der Waals surface area contributed by atoms with E-state index >= 15 is 0 Å². The molecular weight excluding hydrogens is 790 g/mol. The minimum atomic E-state index is -0.966. The lowest BCUT2D eigenvalue weighted by Gasteiger charge is -2.24. The molecule has 0 spiro atoms. The van der Waals surface area contributed by atoms with Gasteiger partial charge in [0.15, 0.2) is 0 Å². The van der Waals surface area contributed by atoms with Crippen molar-refractivity contribution in [1.82, 2.24) is 21.3 Å². The van der Waals surface area contributed by atoms with E-state index in [2.05, 4.69) is 53.1 Å². The summed E-state index contributed by atoms with van der Waals surface area (Å²) < 4.78 is 6.58. The minimum absolute atomic E-state index is 0.164. The second kappa shape index (κ2) is 21.6. The average Bonchev–Trinajstić information content (AvgIpc) is 3.15. The highest BCUT2D eigenvalue weighted by Gasteiger charge is 2.27. The molecule has 4 aromatic carbocycles. The molecule has 0 saturated carbocycles. The van der Waals surface area contributed by atoms with Crippen molar-refractivity contribution in [3.63, 3.8) is 0 Å². The molecule has 0 aliphatic carbocycles. The van der Waals surface area contributed by atoms with E-state index in [9.17, 15) is 19.2 Å². The molecule has 0 aromatic heterocycles. The fraction of sp³-hybridized carbons (Fsp3) is 0.300. The van der Waals surface area contributed by atoms with Gasteiger partial charge in [-0.25, -0.2) is 4.79 Å². The first kappa shape index (κ1) is 40.1. The molecule has 0 bridgehead atoms. The second-order valence-electron chi connectivity index (χ2n) is 12.4. The van der Waals surface area contributed by atoms with Gasteiger partial charge >= 0.3 is 6.09 Å². The van der Waals surface area contributed by atoms with Crippen LogP contribution in [-0.4, -0.2) is 49.0 Å². The maximum absolute atomic E-state index is 13.9. The highest BCUT2D eigenvalue weighted by molar-refractivity contribution is 9.11. The summed E-state index contributed by atoms with van der Waals surface area (Å²) in [4.78, 5) is 52.8. The number of rotatable bonds is 19. The second-order valence-corrected chi connectivity index (χ2v) is 14.1. The monoisotopic (exact) mass is 833 g/mol. The molecule has 0 heterocycles. The van der Waals surface area contributed by atoms with Crippen LogP contribution in [0.4, 0.5) is 10.5 Å². The summed E-state index contributed by atoms with van der Waals surface area (Å²) in [6.45, 7) is 0.889. The SMILES string of the molecule is Nc1c(Br)cc(C[C@@H](NC(=O)CCc2ccccc2)C(=O)N[C@@H](CCCCNC(=O)OCc2ccccc2)C(=O)NCCc2ccccc2)cc1Br. The predicted octanol–water partition coefficient (Wildman–Crippen LogP) is 6.39. The van der Waals surface area contributed by atoms with Crippen molar-refractivity contribution >= 4 is 61.4 Å². The number of halogens is 2. The number of ether oxygens (including phenoxy) is 1. The fourth-order valence-electron chi connectivity index (χ4n) is 5.45. The Balaban J connectivity index is 1.39. The van der Waals surface area contributed by atoms with Crippen molar-refractivity contribution in [3.05, 3.63) is 134 Å². The van der Waals surface area contributed by atoms with Gasteiger partial charge in [0.2, 0.25) is 17.7 Å². The standard InChI is InChI=1S/C40H45Br2N5O5/c41-32-24-31(25-33(42)37(32)43)26-35(46-36(48)20-19-28-12-4-1-5-13-28)39(50)47-34(38(49)44-23-21-29-14-6-2-7-15-29)18-10-11-22-45-40(51)52-27-30-16-8-3-9-17-30/h1-9,12-17,24-25,34-35H,10-11,18-23,26-27,43H2,(H,44,49)(H,45,51)(H,46,48)(H,47,50)/t34-,35+/m0/s1. The minimum Gasteiger partial charge on any atom is -0.445 e. The van der Waals surface area contributed by atoms with Crippen LogP contribution in [-0.2, 0) is 45.0 Å². The van der Waals surface area contributed by atoms with Gasteiger partial charge in [0.1, 0.15) is 18.7 Å². The van der Waals surface area contributed by atoms with Crippen LogP contribution in [0.2, 0.25) is 0 Å². The summed E-state index contributed by atoms with van der Waals surface area (Å²) in [5.41, 5.74) is 10.3. The molecule has 12 heteroatoms. The molecule has 0 radical (unpaired) electrons. The van der Waals surface area contributed by atoms with Gasteiger partial charge in [0, 0.05) is 34.9 Å². The number of nitrogens with two attached hydrogens (primary N) is 1. The molecule has 0 saturated heterocycles. The van der Waals surface area contributed by atoms with E-state index in [0.717, 1.165) is 22.3 Å². The van der Waals surface area contributed by atoms with E-state index in [-0.39, 0.29) is 31.3 Å². The summed E-state index contributed by atoms with van der Waals surface area (Å²) in [5, 5.41) is 11.5. The normalized spacial score (nSPS) is 11.9. The van der Waals surface area contributed by atoms with E-state index < -0.39 is 24.1 Å². The molecule has 6 N–H and O–H groups in total. The lowest BCUT2D eigenvalue weighted by atomic mass is 10.0. The number of amides is 4. The van der Waals surface area contributed by atoms with Gasteiger partial charge in [-0.3, -0.25) is 14.4 Å². The quantitative estimate of drug-likeness (QED) is 0.0546. The zero-order valence-electron chi connectivity index (χ0n) is 28.9. The summed E-state index contributed by atoms with van der Waals surface area (Å²) >= 11 is 6.93. The van der Waals surface area contributed by atoms with Gasteiger partial charge in [0.25, 0.3) is 0 Å². The van der Waals surface area contributed by atoms with Crippen LogP contribution < -0.4 is 27.0 Å². The molecule has 4 amide bonds. The van der Waals surface area contributed by atoms with Crippen molar-refractivity contribution < 1.29 is 23.9 Å². The van der Waals surface area contributed by atoms with Gasteiger partial charge < -0.3 is 31.7 Å². The maximum Gasteiger partial charge on any atom is 0.407 e. The van der Waals surface area contributed by atoms with E-state index in [1.165, 1.54) is 0 Å². The number of carbonyl (C=O) groups is 4. The summed E-state index contributed by atoms with van der Waals surface area (Å²) in [5.74, 6) is -1.10. The van der Waals surface area contributed by atoms with Crippen molar-refractivity contribution in [2.24, 2.45) is 0 Å². The van der Waals surface area contributed by atoms with Crippen LogP contribution in [0.5, 0.6) is 0 Å². The Hall–Kier alpha value is -4.68.